The first-order valence-electron chi connectivity index (χ1n) is 4.76. The number of nitrogens with one attached hydrogen (secondary N) is 2. The fraction of sp³-hybridized carbons (Fsp3) is 0.444. The molecule has 4 N–H and O–H groups in total. The molecule has 1 amide bonds. The topological polar surface area (TPSA) is 107 Å². The highest BCUT2D eigenvalue weighted by Gasteiger charge is 2.06. The first-order valence-corrected chi connectivity index (χ1v) is 4.76. The van der Waals surface area contributed by atoms with E-state index in [0.29, 0.717) is 5.82 Å². The third kappa shape index (κ3) is 3.44. The normalized spacial score (nSPS) is 11.9. The molecule has 7 heteroatoms. The lowest BCUT2D eigenvalue weighted by atomic mass is 10.3. The zero-order chi connectivity index (χ0) is 12.0. The smallest absolute Gasteiger partial charge is 0.271 e. The summed E-state index contributed by atoms with van der Waals surface area (Å²) in [4.78, 5) is 11.1. The highest BCUT2D eigenvalue weighted by atomic mass is 16.3. The molecule has 0 spiro atoms. The minimum Gasteiger partial charge on any atom is -0.394 e. The molecule has 7 nitrogen and oxygen atoms in total. The summed E-state index contributed by atoms with van der Waals surface area (Å²) in [6.07, 6.45) is -0.847. The summed E-state index contributed by atoms with van der Waals surface area (Å²) in [5.74, 6) is 0.120. The number of aliphatic hydroxyl groups excluding tert-OH is 2. The second-order valence-corrected chi connectivity index (χ2v) is 3.10. The maximum Gasteiger partial charge on any atom is 0.271 e. The van der Waals surface area contributed by atoms with Crippen molar-refractivity contribution in [2.75, 3.05) is 25.5 Å². The quantitative estimate of drug-likeness (QED) is 0.492. The van der Waals surface area contributed by atoms with Gasteiger partial charge in [-0.15, -0.1) is 10.2 Å². The van der Waals surface area contributed by atoms with Crippen molar-refractivity contribution in [2.24, 2.45) is 0 Å². The van der Waals surface area contributed by atoms with E-state index in [0.717, 1.165) is 0 Å². The summed E-state index contributed by atoms with van der Waals surface area (Å²) in [6, 6.07) is 3.08. The molecule has 0 aliphatic heterocycles. The number of carbonyl (C=O) groups excluding carboxylic acids is 1. The van der Waals surface area contributed by atoms with Crippen LogP contribution in [-0.4, -0.2) is 52.6 Å². The lowest BCUT2D eigenvalue weighted by Crippen LogP contribution is -2.24. The predicted octanol–water partition coefficient (Wildman–Crippen LogP) is -1.40. The summed E-state index contributed by atoms with van der Waals surface area (Å²) in [7, 11) is 1.51. The van der Waals surface area contributed by atoms with Crippen LogP contribution in [0.3, 0.4) is 0 Å². The van der Waals surface area contributed by atoms with Crippen LogP contribution in [0, 0.1) is 0 Å². The van der Waals surface area contributed by atoms with E-state index < -0.39 is 6.10 Å². The van der Waals surface area contributed by atoms with Gasteiger partial charge in [0.1, 0.15) is 5.82 Å². The molecule has 1 heterocycles. The Morgan fingerprint density at radius 3 is 2.75 bits per heavy atom. The van der Waals surface area contributed by atoms with Crippen LogP contribution in [0.2, 0.25) is 0 Å². The van der Waals surface area contributed by atoms with Crippen LogP contribution in [0.1, 0.15) is 10.5 Å². The third-order valence-corrected chi connectivity index (χ3v) is 1.85. The van der Waals surface area contributed by atoms with E-state index in [-0.39, 0.29) is 24.8 Å². The first-order chi connectivity index (χ1) is 7.67. The molecule has 0 radical (unpaired) electrons. The largest absolute Gasteiger partial charge is 0.394 e. The van der Waals surface area contributed by atoms with Crippen molar-refractivity contribution in [3.63, 3.8) is 0 Å². The van der Waals surface area contributed by atoms with Gasteiger partial charge in [-0.2, -0.15) is 0 Å². The fourth-order valence-corrected chi connectivity index (χ4v) is 0.963. The summed E-state index contributed by atoms with van der Waals surface area (Å²) in [6.45, 7) is -0.152. The van der Waals surface area contributed by atoms with Gasteiger partial charge in [0.15, 0.2) is 5.69 Å². The summed E-state index contributed by atoms with van der Waals surface area (Å²) in [5.41, 5.74) is 0.218. The number of hydrogen-bond acceptors (Lipinski definition) is 6. The Kier molecular flexibility index (Phi) is 4.62. The van der Waals surface area contributed by atoms with E-state index in [1.54, 1.807) is 6.07 Å². The van der Waals surface area contributed by atoms with Crippen molar-refractivity contribution >= 4 is 11.7 Å². The molecule has 0 saturated carbocycles. The number of amides is 1. The zero-order valence-electron chi connectivity index (χ0n) is 8.84. The van der Waals surface area contributed by atoms with E-state index in [1.165, 1.54) is 13.1 Å². The number of anilines is 1. The van der Waals surface area contributed by atoms with Crippen LogP contribution in [0.25, 0.3) is 0 Å². The van der Waals surface area contributed by atoms with E-state index in [9.17, 15) is 4.79 Å². The summed E-state index contributed by atoms with van der Waals surface area (Å²) in [5, 5.41) is 30.3. The number of hydrogen-bond donors (Lipinski definition) is 4. The van der Waals surface area contributed by atoms with Gasteiger partial charge in [0.05, 0.1) is 12.7 Å². The molecule has 0 fully saturated rings. The molecular weight excluding hydrogens is 212 g/mol. The standard InChI is InChI=1S/C9H14N4O3/c1-10-9(16)7-2-3-8(13-12-7)11-4-6(15)5-14/h2-3,6,14-15H,4-5H2,1H3,(H,10,16)(H,11,13). The SMILES string of the molecule is CNC(=O)c1ccc(NCC(O)CO)nn1. The highest BCUT2D eigenvalue weighted by Crippen LogP contribution is 2.01. The number of rotatable bonds is 5. The van der Waals surface area contributed by atoms with Crippen molar-refractivity contribution in [3.05, 3.63) is 17.8 Å². The molecule has 0 saturated heterocycles. The van der Waals surface area contributed by atoms with E-state index in [4.69, 9.17) is 10.2 Å². The molecule has 1 unspecified atom stereocenters. The van der Waals surface area contributed by atoms with Gasteiger partial charge in [-0.05, 0) is 12.1 Å². The van der Waals surface area contributed by atoms with Gasteiger partial charge in [0.25, 0.3) is 5.91 Å². The molecule has 1 atom stereocenters. The lowest BCUT2D eigenvalue weighted by molar-refractivity contribution is 0.0957. The van der Waals surface area contributed by atoms with Crippen molar-refractivity contribution in [1.82, 2.24) is 15.5 Å². The highest BCUT2D eigenvalue weighted by molar-refractivity contribution is 5.91. The molecule has 88 valence electrons. The Morgan fingerprint density at radius 1 is 1.50 bits per heavy atom. The Hall–Kier alpha value is -1.73. The van der Waals surface area contributed by atoms with Gasteiger partial charge >= 0.3 is 0 Å². The predicted molar refractivity (Wildman–Crippen MR) is 57.0 cm³/mol. The molecule has 1 aromatic rings. The third-order valence-electron chi connectivity index (χ3n) is 1.85. The monoisotopic (exact) mass is 226 g/mol. The van der Waals surface area contributed by atoms with Crippen LogP contribution >= 0.6 is 0 Å². The van der Waals surface area contributed by atoms with Crippen molar-refractivity contribution in [3.8, 4) is 0 Å². The molecule has 1 aromatic heterocycles. The maximum atomic E-state index is 11.1. The zero-order valence-corrected chi connectivity index (χ0v) is 8.84. The minimum absolute atomic E-state index is 0.171. The van der Waals surface area contributed by atoms with Gasteiger partial charge < -0.3 is 20.8 Å². The van der Waals surface area contributed by atoms with Gasteiger partial charge in [0, 0.05) is 13.6 Å². The Morgan fingerprint density at radius 2 is 2.25 bits per heavy atom. The Labute approximate surface area is 92.5 Å². The average molecular weight is 226 g/mol. The van der Waals surface area contributed by atoms with Crippen LogP contribution in [0.15, 0.2) is 12.1 Å². The van der Waals surface area contributed by atoms with E-state index in [2.05, 4.69) is 20.8 Å². The molecule has 16 heavy (non-hydrogen) atoms. The van der Waals surface area contributed by atoms with Gasteiger partial charge in [-0.3, -0.25) is 4.79 Å². The number of carbonyl (C=O) groups is 1. The maximum absolute atomic E-state index is 11.1. The molecule has 0 aliphatic carbocycles. The molecular formula is C9H14N4O3. The molecule has 0 aliphatic rings. The van der Waals surface area contributed by atoms with Crippen LogP contribution in [0.4, 0.5) is 5.82 Å². The van der Waals surface area contributed by atoms with Crippen LogP contribution < -0.4 is 10.6 Å². The van der Waals surface area contributed by atoms with Gasteiger partial charge in [-0.25, -0.2) is 0 Å². The van der Waals surface area contributed by atoms with Crippen LogP contribution in [-0.2, 0) is 0 Å². The summed E-state index contributed by atoms with van der Waals surface area (Å²) < 4.78 is 0. The van der Waals surface area contributed by atoms with E-state index in [1.807, 2.05) is 0 Å². The fourth-order valence-electron chi connectivity index (χ4n) is 0.963. The first kappa shape index (κ1) is 12.3. The number of aliphatic hydroxyl groups is 2. The number of aromatic nitrogens is 2. The molecule has 0 bridgehead atoms. The van der Waals surface area contributed by atoms with E-state index >= 15 is 0 Å². The second kappa shape index (κ2) is 5.99. The van der Waals surface area contributed by atoms with Crippen molar-refractivity contribution in [2.45, 2.75) is 6.10 Å². The number of nitrogens with zero attached hydrogens (tertiary/aromatic N) is 2. The Balaban J connectivity index is 2.54. The average Bonchev–Trinajstić information content (AvgIpc) is 2.35. The second-order valence-electron chi connectivity index (χ2n) is 3.10. The minimum atomic E-state index is -0.847. The lowest BCUT2D eigenvalue weighted by Gasteiger charge is -2.08. The molecule has 0 aromatic carbocycles. The van der Waals surface area contributed by atoms with Crippen molar-refractivity contribution in [1.29, 1.82) is 0 Å². The van der Waals surface area contributed by atoms with Gasteiger partial charge in [-0.1, -0.05) is 0 Å². The summed E-state index contributed by atoms with van der Waals surface area (Å²) >= 11 is 0. The molecule has 1 rings (SSSR count). The van der Waals surface area contributed by atoms with Crippen LogP contribution in [0.5, 0.6) is 0 Å². The Bertz CT molecular complexity index is 341. The van der Waals surface area contributed by atoms with Crippen molar-refractivity contribution < 1.29 is 15.0 Å². The van der Waals surface area contributed by atoms with Gasteiger partial charge in [0.2, 0.25) is 0 Å².